The topological polar surface area (TPSA) is 108 Å². The highest BCUT2D eigenvalue weighted by Crippen LogP contribution is 2.06. The van der Waals surface area contributed by atoms with Crippen LogP contribution in [0.25, 0.3) is 0 Å². The van der Waals surface area contributed by atoms with Crippen LogP contribution in [0.2, 0.25) is 0 Å². The third-order valence-electron chi connectivity index (χ3n) is 1.95. The molecular weight excluding hydrogens is 282 g/mol. The molecule has 1 rings (SSSR count). The van der Waals surface area contributed by atoms with Crippen molar-refractivity contribution in [2.75, 3.05) is 13.2 Å². The third kappa shape index (κ3) is 7.61. The average molecular weight is 301 g/mol. The number of carbonyl (C=O) groups excluding carboxylic acids is 2. The van der Waals surface area contributed by atoms with E-state index in [-0.39, 0.29) is 31.3 Å². The van der Waals surface area contributed by atoms with Crippen molar-refractivity contribution in [1.82, 2.24) is 5.32 Å². The molecule has 1 aromatic heterocycles. The second-order valence-corrected chi connectivity index (χ2v) is 3.31. The van der Waals surface area contributed by atoms with Crippen LogP contribution in [0.5, 0.6) is 0 Å². The Bertz CT molecular complexity index is 515. The summed E-state index contributed by atoms with van der Waals surface area (Å²) in [4.78, 5) is 32.6. The molecule has 0 unspecified atom stereocenters. The highest BCUT2D eigenvalue weighted by molar-refractivity contribution is 5.81. The van der Waals surface area contributed by atoms with Crippen LogP contribution < -0.4 is 11.1 Å². The number of nitrogens with one attached hydrogen (secondary N) is 1. The Kier molecular flexibility index (Phi) is 9.07. The van der Waals surface area contributed by atoms with Gasteiger partial charge in [0.25, 0.3) is 0 Å². The van der Waals surface area contributed by atoms with E-state index in [0.717, 1.165) is 6.08 Å². The number of hydrogen-bond acceptors (Lipinski definition) is 7. The lowest BCUT2D eigenvalue weighted by molar-refractivity contribution is -0.137. The van der Waals surface area contributed by atoms with Gasteiger partial charge < -0.3 is 23.6 Å². The third-order valence-corrected chi connectivity index (χ3v) is 1.95. The van der Waals surface area contributed by atoms with Gasteiger partial charge in [0.15, 0.2) is 18.1 Å². The first-order valence-corrected chi connectivity index (χ1v) is 6.32. The molecule has 1 N–H and O–H groups in total. The summed E-state index contributed by atoms with van der Waals surface area (Å²) < 4.78 is 18.6. The predicted molar refractivity (Wildman–Crippen MR) is 72.7 cm³/mol. The van der Waals surface area contributed by atoms with Crippen LogP contribution in [0.4, 0.5) is 4.79 Å². The molecule has 8 nitrogen and oxygen atoms in total. The van der Waals surface area contributed by atoms with E-state index >= 15 is 0 Å². The summed E-state index contributed by atoms with van der Waals surface area (Å²) in [5.41, 5.74) is 0. The van der Waals surface area contributed by atoms with Crippen molar-refractivity contribution >= 4 is 12.1 Å². The number of hydrogen-bond donors (Lipinski definition) is 1. The quantitative estimate of drug-likeness (QED) is 0.482. The Morgan fingerprint density at radius 1 is 1.29 bits per heavy atom. The van der Waals surface area contributed by atoms with Gasteiger partial charge >= 0.3 is 17.9 Å². The van der Waals surface area contributed by atoms with E-state index in [1.165, 1.54) is 6.92 Å². The number of alkyl carbamates (subject to hydrolysis) is 1. The lowest BCUT2D eigenvalue weighted by Crippen LogP contribution is -2.28. The van der Waals surface area contributed by atoms with Crippen molar-refractivity contribution in [3.8, 4) is 0 Å². The zero-order chi connectivity index (χ0) is 16.3. The highest BCUT2D eigenvalue weighted by atomic mass is 16.6. The fourth-order valence-electron chi connectivity index (χ4n) is 1.05. The molecule has 0 aliphatic heterocycles. The van der Waals surface area contributed by atoms with Crippen LogP contribution in [-0.2, 0) is 20.9 Å². The van der Waals surface area contributed by atoms with Gasteiger partial charge in [0, 0.05) is 6.08 Å². The minimum atomic E-state index is -0.854. The average Bonchev–Trinajstić information content (AvgIpc) is 2.81. The fourth-order valence-corrected chi connectivity index (χ4v) is 1.05. The molecule has 0 atom stereocenters. The van der Waals surface area contributed by atoms with E-state index in [0.29, 0.717) is 0 Å². The lowest BCUT2D eigenvalue weighted by Gasteiger charge is -2.05. The van der Waals surface area contributed by atoms with Crippen molar-refractivity contribution in [1.29, 1.82) is 0 Å². The van der Waals surface area contributed by atoms with Gasteiger partial charge in [-0.3, -0.25) is 0 Å². The summed E-state index contributed by atoms with van der Waals surface area (Å²) in [5.74, 6) is -1.05. The van der Waals surface area contributed by atoms with E-state index in [1.807, 2.05) is 13.8 Å². The molecule has 0 spiro atoms. The summed E-state index contributed by atoms with van der Waals surface area (Å²) in [5, 5.41) is 2.34. The minimum Gasteiger partial charge on any atom is -0.461 e. The Balaban J connectivity index is 0.00000191. The molecule has 1 amide bonds. The van der Waals surface area contributed by atoms with Crippen molar-refractivity contribution in [2.24, 2.45) is 0 Å². The Hall–Kier alpha value is -2.51. The molecule has 0 aliphatic carbocycles. The molecule has 0 saturated carbocycles. The molecule has 1 aromatic rings. The number of carbonyl (C=O) groups is 2. The summed E-state index contributed by atoms with van der Waals surface area (Å²) in [6.45, 7) is 8.59. The van der Waals surface area contributed by atoms with Gasteiger partial charge in [0.2, 0.25) is 0 Å². The van der Waals surface area contributed by atoms with Crippen LogP contribution in [0.3, 0.4) is 0 Å². The highest BCUT2D eigenvalue weighted by Gasteiger charge is 2.11. The zero-order valence-electron chi connectivity index (χ0n) is 12.3. The van der Waals surface area contributed by atoms with Crippen LogP contribution in [0.1, 0.15) is 25.4 Å². The molecule has 0 radical (unpaired) electrons. The van der Waals surface area contributed by atoms with E-state index in [1.54, 1.807) is 0 Å². The maximum Gasteiger partial charge on any atom is 0.519 e. The van der Waals surface area contributed by atoms with E-state index < -0.39 is 17.9 Å². The Morgan fingerprint density at radius 3 is 2.48 bits per heavy atom. The van der Waals surface area contributed by atoms with Crippen LogP contribution in [0.15, 0.2) is 26.3 Å². The standard InChI is InChI=1S/C11H13NO7.C2H6/c1-3-9(13)16-5-4-12-10(14)17-6-8-7(2)18-11(15)19-8;1-2/h3H,1,4-6H2,2H3,(H,12,14);1-2H3. The fraction of sp³-hybridized carbons (Fsp3) is 0.462. The van der Waals surface area contributed by atoms with Gasteiger partial charge in [-0.05, 0) is 6.92 Å². The maximum atomic E-state index is 11.2. The molecule has 8 heteroatoms. The number of amides is 1. The SMILES string of the molecule is C=CC(=O)OCCNC(=O)OCc1oc(=O)oc1C.CC. The molecule has 21 heavy (non-hydrogen) atoms. The predicted octanol–water partition coefficient (Wildman–Crippen LogP) is 1.52. The molecule has 1 heterocycles. The normalized spacial score (nSPS) is 9.10. The van der Waals surface area contributed by atoms with Gasteiger partial charge in [0.1, 0.15) is 6.61 Å². The van der Waals surface area contributed by atoms with E-state index in [4.69, 9.17) is 4.74 Å². The Morgan fingerprint density at radius 2 is 1.95 bits per heavy atom. The van der Waals surface area contributed by atoms with Gasteiger partial charge in [-0.15, -0.1) is 0 Å². The molecular formula is C13H19NO7. The maximum absolute atomic E-state index is 11.2. The van der Waals surface area contributed by atoms with Gasteiger partial charge in [-0.2, -0.15) is 0 Å². The summed E-state index contributed by atoms with van der Waals surface area (Å²) in [6.07, 6.45) is 0.278. The van der Waals surface area contributed by atoms with Crippen molar-refractivity contribution in [3.63, 3.8) is 0 Å². The smallest absolute Gasteiger partial charge is 0.461 e. The molecule has 0 aliphatic rings. The minimum absolute atomic E-state index is 0.000224. The van der Waals surface area contributed by atoms with Crippen molar-refractivity contribution < 1.29 is 27.9 Å². The molecule has 0 bridgehead atoms. The Labute approximate surface area is 121 Å². The largest absolute Gasteiger partial charge is 0.519 e. The summed E-state index contributed by atoms with van der Waals surface area (Å²) >= 11 is 0. The first-order chi connectivity index (χ1) is 10.0. The monoisotopic (exact) mass is 301 g/mol. The summed E-state index contributed by atoms with van der Waals surface area (Å²) in [7, 11) is 0. The second-order valence-electron chi connectivity index (χ2n) is 3.31. The van der Waals surface area contributed by atoms with Crippen molar-refractivity contribution in [3.05, 3.63) is 34.8 Å². The zero-order valence-corrected chi connectivity index (χ0v) is 12.3. The van der Waals surface area contributed by atoms with Crippen molar-refractivity contribution in [2.45, 2.75) is 27.4 Å². The number of esters is 1. The molecule has 0 aromatic carbocycles. The number of ether oxygens (including phenoxy) is 2. The van der Waals surface area contributed by atoms with Crippen LogP contribution >= 0.6 is 0 Å². The van der Waals surface area contributed by atoms with Gasteiger partial charge in [-0.25, -0.2) is 14.4 Å². The number of aryl methyl sites for hydroxylation is 1. The van der Waals surface area contributed by atoms with Gasteiger partial charge in [0.05, 0.1) is 6.54 Å². The van der Waals surface area contributed by atoms with Gasteiger partial charge in [-0.1, -0.05) is 20.4 Å². The van der Waals surface area contributed by atoms with E-state index in [2.05, 4.69) is 25.5 Å². The molecule has 118 valence electrons. The van der Waals surface area contributed by atoms with Crippen LogP contribution in [0, 0.1) is 6.92 Å². The van der Waals surface area contributed by atoms with Crippen LogP contribution in [-0.4, -0.2) is 25.2 Å². The molecule has 0 fully saturated rings. The number of rotatable bonds is 6. The first-order valence-electron chi connectivity index (χ1n) is 6.32. The molecule has 0 saturated heterocycles. The van der Waals surface area contributed by atoms with E-state index in [9.17, 15) is 14.4 Å². The summed E-state index contributed by atoms with van der Waals surface area (Å²) in [6, 6.07) is 0. The lowest BCUT2D eigenvalue weighted by atomic mass is 10.4. The second kappa shape index (κ2) is 10.3. The first kappa shape index (κ1) is 18.5.